The molecule has 32 heavy (non-hydrogen) atoms. The average Bonchev–Trinajstić information content (AvgIpc) is 2.85. The van der Waals surface area contributed by atoms with Gasteiger partial charge >= 0.3 is 0 Å². The quantitative estimate of drug-likeness (QED) is 0.151. The van der Waals surface area contributed by atoms with E-state index in [1.807, 2.05) is 103 Å². The van der Waals surface area contributed by atoms with Crippen molar-refractivity contribution in [2.24, 2.45) is 5.16 Å². The summed E-state index contributed by atoms with van der Waals surface area (Å²) in [5, 5.41) is 4.18. The number of rotatable bonds is 11. The van der Waals surface area contributed by atoms with E-state index in [1.54, 1.807) is 13.2 Å². The largest absolute Gasteiger partial charge is 0.497 e. The number of hydrogen-bond acceptors (Lipinski definition) is 4. The molecule has 4 heteroatoms. The molecule has 0 aromatic heterocycles. The standard InChI is InChI=1S/C28H27NO3/c1-3-20-32-29-26(17-13-24-10-7-11-28(21-24)30-2)16-12-23-14-18-27(19-15-23)31-22-25-8-5-4-6-9-25/h3-19,21H,1,20,22H2,2H3/b16-12+,17-13+,29-26-. The smallest absolute Gasteiger partial charge is 0.135 e. The van der Waals surface area contributed by atoms with Gasteiger partial charge in [-0.2, -0.15) is 0 Å². The second kappa shape index (κ2) is 12.6. The minimum Gasteiger partial charge on any atom is -0.497 e. The minimum absolute atomic E-state index is 0.345. The van der Waals surface area contributed by atoms with E-state index in [9.17, 15) is 0 Å². The fourth-order valence-electron chi connectivity index (χ4n) is 2.81. The number of methoxy groups -OCH3 is 1. The zero-order chi connectivity index (χ0) is 22.4. The molecule has 0 amide bonds. The van der Waals surface area contributed by atoms with Gasteiger partial charge in [-0.3, -0.25) is 0 Å². The predicted molar refractivity (Wildman–Crippen MR) is 132 cm³/mol. The number of hydrogen-bond donors (Lipinski definition) is 0. The van der Waals surface area contributed by atoms with E-state index in [0.29, 0.717) is 18.9 Å². The van der Waals surface area contributed by atoms with Gasteiger partial charge in [-0.05, 0) is 53.1 Å². The molecule has 0 bridgehead atoms. The van der Waals surface area contributed by atoms with Gasteiger partial charge in [0.15, 0.2) is 0 Å². The lowest BCUT2D eigenvalue weighted by atomic mass is 10.1. The van der Waals surface area contributed by atoms with Crippen molar-refractivity contribution in [3.05, 3.63) is 120 Å². The van der Waals surface area contributed by atoms with Crippen molar-refractivity contribution in [2.75, 3.05) is 13.7 Å². The molecule has 0 unspecified atom stereocenters. The molecule has 0 radical (unpaired) electrons. The van der Waals surface area contributed by atoms with Crippen LogP contribution in [-0.4, -0.2) is 19.4 Å². The van der Waals surface area contributed by atoms with Gasteiger partial charge in [-0.1, -0.05) is 84.6 Å². The minimum atomic E-state index is 0.345. The average molecular weight is 426 g/mol. The van der Waals surface area contributed by atoms with Gasteiger partial charge in [0.2, 0.25) is 0 Å². The molecule has 0 spiro atoms. The Labute approximate surface area is 189 Å². The third kappa shape index (κ3) is 7.65. The van der Waals surface area contributed by atoms with E-state index in [0.717, 1.165) is 28.2 Å². The maximum atomic E-state index is 5.85. The maximum Gasteiger partial charge on any atom is 0.135 e. The van der Waals surface area contributed by atoms with Gasteiger partial charge in [0.25, 0.3) is 0 Å². The highest BCUT2D eigenvalue weighted by atomic mass is 16.6. The molecule has 0 saturated heterocycles. The first-order chi connectivity index (χ1) is 15.8. The van der Waals surface area contributed by atoms with Crippen LogP contribution in [0.15, 0.2) is 109 Å². The first kappa shape index (κ1) is 22.6. The monoisotopic (exact) mass is 425 g/mol. The van der Waals surface area contributed by atoms with Crippen LogP contribution in [-0.2, 0) is 11.4 Å². The maximum absolute atomic E-state index is 5.85. The highest BCUT2D eigenvalue weighted by molar-refractivity contribution is 6.08. The molecular weight excluding hydrogens is 398 g/mol. The van der Waals surface area contributed by atoms with Crippen molar-refractivity contribution in [1.82, 2.24) is 0 Å². The summed E-state index contributed by atoms with van der Waals surface area (Å²) >= 11 is 0. The molecule has 3 aromatic rings. The molecule has 3 aromatic carbocycles. The van der Waals surface area contributed by atoms with E-state index in [4.69, 9.17) is 14.3 Å². The Morgan fingerprint density at radius 1 is 0.844 bits per heavy atom. The zero-order valence-electron chi connectivity index (χ0n) is 18.2. The first-order valence-electron chi connectivity index (χ1n) is 10.3. The Morgan fingerprint density at radius 3 is 2.31 bits per heavy atom. The van der Waals surface area contributed by atoms with Crippen molar-refractivity contribution in [3.63, 3.8) is 0 Å². The third-order valence-corrected chi connectivity index (χ3v) is 4.48. The van der Waals surface area contributed by atoms with Gasteiger partial charge in [0.05, 0.1) is 7.11 Å². The number of benzene rings is 3. The second-order valence-electron chi connectivity index (χ2n) is 6.89. The Bertz CT molecular complexity index is 1070. The van der Waals surface area contributed by atoms with Gasteiger partial charge in [-0.15, -0.1) is 0 Å². The highest BCUT2D eigenvalue weighted by Gasteiger charge is 1.97. The van der Waals surface area contributed by atoms with Crippen LogP contribution in [0.4, 0.5) is 0 Å². The van der Waals surface area contributed by atoms with Crippen LogP contribution in [0, 0.1) is 0 Å². The summed E-state index contributed by atoms with van der Waals surface area (Å²) in [6.07, 6.45) is 9.40. The van der Waals surface area contributed by atoms with Crippen LogP contribution in [0.5, 0.6) is 11.5 Å². The zero-order valence-corrected chi connectivity index (χ0v) is 18.2. The fraction of sp³-hybridized carbons (Fsp3) is 0.107. The van der Waals surface area contributed by atoms with Crippen LogP contribution >= 0.6 is 0 Å². The number of nitrogens with zero attached hydrogens (tertiary/aromatic N) is 1. The molecule has 0 N–H and O–H groups in total. The molecule has 3 rings (SSSR count). The summed E-state index contributed by atoms with van der Waals surface area (Å²) in [7, 11) is 1.65. The summed E-state index contributed by atoms with van der Waals surface area (Å²) < 4.78 is 11.1. The summed E-state index contributed by atoms with van der Waals surface area (Å²) in [5.74, 6) is 1.63. The Hall–Kier alpha value is -4.05. The summed E-state index contributed by atoms with van der Waals surface area (Å²) in [5.41, 5.74) is 3.86. The highest BCUT2D eigenvalue weighted by Crippen LogP contribution is 2.16. The molecule has 0 atom stereocenters. The molecule has 0 saturated carbocycles. The molecule has 0 aliphatic heterocycles. The summed E-state index contributed by atoms with van der Waals surface area (Å²) in [6, 6.07) is 25.8. The molecule has 0 fully saturated rings. The van der Waals surface area contributed by atoms with Crippen molar-refractivity contribution in [2.45, 2.75) is 6.61 Å². The Balaban J connectivity index is 1.65. The first-order valence-corrected chi connectivity index (χ1v) is 10.3. The van der Waals surface area contributed by atoms with Crippen LogP contribution in [0.2, 0.25) is 0 Å². The van der Waals surface area contributed by atoms with E-state index in [2.05, 4.69) is 11.7 Å². The third-order valence-electron chi connectivity index (χ3n) is 4.48. The van der Waals surface area contributed by atoms with Crippen molar-refractivity contribution < 1.29 is 14.3 Å². The van der Waals surface area contributed by atoms with Crippen LogP contribution in [0.1, 0.15) is 16.7 Å². The molecular formula is C28H27NO3. The van der Waals surface area contributed by atoms with Crippen LogP contribution in [0.25, 0.3) is 12.2 Å². The molecule has 162 valence electrons. The van der Waals surface area contributed by atoms with E-state index >= 15 is 0 Å². The molecule has 0 aliphatic rings. The van der Waals surface area contributed by atoms with Gasteiger partial charge in [-0.25, -0.2) is 0 Å². The summed E-state index contributed by atoms with van der Waals surface area (Å²) in [4.78, 5) is 5.28. The van der Waals surface area contributed by atoms with Gasteiger partial charge in [0, 0.05) is 0 Å². The fourth-order valence-corrected chi connectivity index (χ4v) is 2.81. The normalized spacial score (nSPS) is 11.6. The SMILES string of the molecule is C=CCO/N=C(/C=C/c1ccc(OCc2ccccc2)cc1)\C=C\c1cccc(OC)c1. The topological polar surface area (TPSA) is 40.0 Å². The number of allylic oxidation sites excluding steroid dienone is 2. The molecule has 0 heterocycles. The lowest BCUT2D eigenvalue weighted by molar-refractivity contribution is 0.175. The molecule has 0 aliphatic carbocycles. The summed E-state index contributed by atoms with van der Waals surface area (Å²) in [6.45, 7) is 4.54. The number of oxime groups is 1. The molecule has 4 nitrogen and oxygen atoms in total. The van der Waals surface area contributed by atoms with Gasteiger partial charge < -0.3 is 14.3 Å². The van der Waals surface area contributed by atoms with Gasteiger partial charge in [0.1, 0.15) is 30.4 Å². The Morgan fingerprint density at radius 2 is 1.59 bits per heavy atom. The van der Waals surface area contributed by atoms with Crippen molar-refractivity contribution >= 4 is 17.9 Å². The van der Waals surface area contributed by atoms with E-state index < -0.39 is 0 Å². The lowest BCUT2D eigenvalue weighted by Crippen LogP contribution is -1.94. The van der Waals surface area contributed by atoms with Crippen molar-refractivity contribution in [1.29, 1.82) is 0 Å². The van der Waals surface area contributed by atoms with Crippen LogP contribution in [0.3, 0.4) is 0 Å². The van der Waals surface area contributed by atoms with Crippen LogP contribution < -0.4 is 9.47 Å². The lowest BCUT2D eigenvalue weighted by Gasteiger charge is -2.06. The predicted octanol–water partition coefficient (Wildman–Crippen LogP) is 6.56. The second-order valence-corrected chi connectivity index (χ2v) is 6.89. The van der Waals surface area contributed by atoms with E-state index in [1.165, 1.54) is 0 Å². The Kier molecular flexibility index (Phi) is 8.91. The van der Waals surface area contributed by atoms with Crippen molar-refractivity contribution in [3.8, 4) is 11.5 Å². The number of ether oxygens (including phenoxy) is 2. The van der Waals surface area contributed by atoms with E-state index in [-0.39, 0.29) is 0 Å².